The summed E-state index contributed by atoms with van der Waals surface area (Å²) in [6.45, 7) is 0. The number of hydrogen-bond donors (Lipinski definition) is 2. The molecule has 1 heterocycles. The summed E-state index contributed by atoms with van der Waals surface area (Å²) in [6, 6.07) is 2.78. The molecule has 1 aromatic carbocycles. The molecule has 0 fully saturated rings. The van der Waals surface area contributed by atoms with Gasteiger partial charge in [0, 0.05) is 12.7 Å². The van der Waals surface area contributed by atoms with Crippen LogP contribution >= 0.6 is 34.8 Å². The lowest BCUT2D eigenvalue weighted by molar-refractivity contribution is 0.629. The lowest BCUT2D eigenvalue weighted by Crippen LogP contribution is -2.01. The SMILES string of the molecule is CNc1ncc(Cl)c(Nc2cc(Cl)c(F)c(Cl)c2)n1. The second-order valence-corrected chi connectivity index (χ2v) is 4.74. The maximum absolute atomic E-state index is 13.3. The highest BCUT2D eigenvalue weighted by Gasteiger charge is 2.10. The third kappa shape index (κ3) is 3.18. The average molecular weight is 322 g/mol. The van der Waals surface area contributed by atoms with Crippen molar-refractivity contribution in [3.8, 4) is 0 Å². The van der Waals surface area contributed by atoms with E-state index < -0.39 is 5.82 Å². The number of halogens is 4. The minimum atomic E-state index is -0.668. The van der Waals surface area contributed by atoms with Crippen LogP contribution in [0.5, 0.6) is 0 Å². The lowest BCUT2D eigenvalue weighted by Gasteiger charge is -2.10. The van der Waals surface area contributed by atoms with E-state index in [4.69, 9.17) is 34.8 Å². The Labute approximate surface area is 123 Å². The molecule has 0 aliphatic heterocycles. The molecule has 0 amide bonds. The van der Waals surface area contributed by atoms with Gasteiger partial charge in [0.05, 0.1) is 16.2 Å². The van der Waals surface area contributed by atoms with Crippen molar-refractivity contribution in [1.82, 2.24) is 9.97 Å². The van der Waals surface area contributed by atoms with Crippen LogP contribution < -0.4 is 10.6 Å². The standard InChI is InChI=1S/C11H8Cl3FN4/c1-16-11-17-4-8(14)10(19-11)18-5-2-6(12)9(15)7(13)3-5/h2-4H,1H3,(H2,16,17,18,19). The highest BCUT2D eigenvalue weighted by molar-refractivity contribution is 6.35. The van der Waals surface area contributed by atoms with Crippen LogP contribution in [-0.4, -0.2) is 17.0 Å². The van der Waals surface area contributed by atoms with Crippen LogP contribution in [0.15, 0.2) is 18.3 Å². The molecule has 100 valence electrons. The Morgan fingerprint density at radius 2 is 1.74 bits per heavy atom. The molecule has 0 atom stereocenters. The van der Waals surface area contributed by atoms with Crippen molar-refractivity contribution in [2.24, 2.45) is 0 Å². The molecule has 0 saturated carbocycles. The fourth-order valence-corrected chi connectivity index (χ4v) is 1.97. The van der Waals surface area contributed by atoms with Gasteiger partial charge in [0.1, 0.15) is 5.02 Å². The zero-order chi connectivity index (χ0) is 14.0. The van der Waals surface area contributed by atoms with Gasteiger partial charge in [-0.15, -0.1) is 0 Å². The van der Waals surface area contributed by atoms with Crippen molar-refractivity contribution in [3.63, 3.8) is 0 Å². The Balaban J connectivity index is 2.36. The van der Waals surface area contributed by atoms with Crippen LogP contribution in [0.2, 0.25) is 15.1 Å². The van der Waals surface area contributed by atoms with Crippen LogP contribution in [0, 0.1) is 5.82 Å². The van der Waals surface area contributed by atoms with Crippen LogP contribution in [0.1, 0.15) is 0 Å². The average Bonchev–Trinajstić information content (AvgIpc) is 2.38. The van der Waals surface area contributed by atoms with Gasteiger partial charge in [-0.2, -0.15) is 4.98 Å². The molecule has 2 aromatic rings. The molecule has 0 radical (unpaired) electrons. The second kappa shape index (κ2) is 5.77. The molecular weight excluding hydrogens is 314 g/mol. The molecule has 8 heteroatoms. The number of hydrogen-bond acceptors (Lipinski definition) is 4. The lowest BCUT2D eigenvalue weighted by atomic mass is 10.3. The Morgan fingerprint density at radius 3 is 2.32 bits per heavy atom. The highest BCUT2D eigenvalue weighted by atomic mass is 35.5. The molecule has 1 aromatic heterocycles. The number of nitrogens with one attached hydrogen (secondary N) is 2. The van der Waals surface area contributed by atoms with Crippen LogP contribution in [0.25, 0.3) is 0 Å². The van der Waals surface area contributed by atoms with Gasteiger partial charge in [0.15, 0.2) is 11.6 Å². The second-order valence-electron chi connectivity index (χ2n) is 3.52. The van der Waals surface area contributed by atoms with Crippen LogP contribution in [0.3, 0.4) is 0 Å². The van der Waals surface area contributed by atoms with Crippen LogP contribution in [-0.2, 0) is 0 Å². The van der Waals surface area contributed by atoms with Gasteiger partial charge < -0.3 is 10.6 Å². The summed E-state index contributed by atoms with van der Waals surface area (Å²) in [5, 5.41) is 5.81. The quantitative estimate of drug-likeness (QED) is 0.825. The zero-order valence-electron chi connectivity index (χ0n) is 9.64. The largest absolute Gasteiger partial charge is 0.357 e. The first kappa shape index (κ1) is 14.1. The Bertz CT molecular complexity index is 598. The fraction of sp³-hybridized carbons (Fsp3) is 0.0909. The minimum Gasteiger partial charge on any atom is -0.357 e. The fourth-order valence-electron chi connectivity index (χ4n) is 1.34. The normalized spacial score (nSPS) is 10.4. The summed E-state index contributed by atoms with van der Waals surface area (Å²) >= 11 is 17.4. The van der Waals surface area contributed by atoms with Gasteiger partial charge in [-0.3, -0.25) is 0 Å². The van der Waals surface area contributed by atoms with Crippen molar-refractivity contribution in [3.05, 3.63) is 39.2 Å². The summed E-state index contributed by atoms with van der Waals surface area (Å²) < 4.78 is 13.3. The number of aromatic nitrogens is 2. The molecule has 0 spiro atoms. The minimum absolute atomic E-state index is 0.0889. The summed E-state index contributed by atoms with van der Waals surface area (Å²) in [4.78, 5) is 8.06. The third-order valence-corrected chi connectivity index (χ3v) is 3.04. The molecule has 2 N–H and O–H groups in total. The van der Waals surface area contributed by atoms with E-state index in [1.807, 2.05) is 0 Å². The van der Waals surface area contributed by atoms with Crippen molar-refractivity contribution < 1.29 is 4.39 Å². The Kier molecular flexibility index (Phi) is 4.29. The van der Waals surface area contributed by atoms with Crippen molar-refractivity contribution in [1.29, 1.82) is 0 Å². The van der Waals surface area contributed by atoms with Crippen molar-refractivity contribution in [2.75, 3.05) is 17.7 Å². The molecular formula is C11H8Cl3FN4. The molecule has 0 aliphatic rings. The van der Waals surface area contributed by atoms with Crippen LogP contribution in [0.4, 0.5) is 21.8 Å². The summed E-state index contributed by atoms with van der Waals surface area (Å²) in [7, 11) is 1.68. The van der Waals surface area contributed by atoms with E-state index in [0.29, 0.717) is 22.5 Å². The summed E-state index contributed by atoms with van der Waals surface area (Å²) in [5.41, 5.74) is 0.471. The Morgan fingerprint density at radius 1 is 1.11 bits per heavy atom. The maximum atomic E-state index is 13.3. The topological polar surface area (TPSA) is 49.8 Å². The van der Waals surface area contributed by atoms with Crippen molar-refractivity contribution in [2.45, 2.75) is 0 Å². The maximum Gasteiger partial charge on any atom is 0.224 e. The molecule has 19 heavy (non-hydrogen) atoms. The third-order valence-electron chi connectivity index (χ3n) is 2.21. The molecule has 0 aliphatic carbocycles. The number of rotatable bonds is 3. The van der Waals surface area contributed by atoms with Gasteiger partial charge in [-0.05, 0) is 12.1 Å². The highest BCUT2D eigenvalue weighted by Crippen LogP contribution is 2.30. The first-order chi connectivity index (χ1) is 9.01. The van der Waals surface area contributed by atoms with Gasteiger partial charge >= 0.3 is 0 Å². The van der Waals surface area contributed by atoms with Gasteiger partial charge in [0.25, 0.3) is 0 Å². The molecule has 0 bridgehead atoms. The van der Waals surface area contributed by atoms with E-state index in [0.717, 1.165) is 0 Å². The van der Waals surface area contributed by atoms with Gasteiger partial charge in [-0.1, -0.05) is 34.8 Å². The first-order valence-electron chi connectivity index (χ1n) is 5.13. The number of benzene rings is 1. The summed E-state index contributed by atoms with van der Waals surface area (Å²) in [5.74, 6) is 0.0875. The predicted molar refractivity (Wildman–Crippen MR) is 76.3 cm³/mol. The van der Waals surface area contributed by atoms with Gasteiger partial charge in [-0.25, -0.2) is 9.37 Å². The molecule has 4 nitrogen and oxygen atoms in total. The van der Waals surface area contributed by atoms with E-state index in [2.05, 4.69) is 20.6 Å². The van der Waals surface area contributed by atoms with E-state index in [1.54, 1.807) is 7.05 Å². The monoisotopic (exact) mass is 320 g/mol. The molecule has 0 saturated heterocycles. The van der Waals surface area contributed by atoms with E-state index in [9.17, 15) is 4.39 Å². The number of anilines is 3. The zero-order valence-corrected chi connectivity index (χ0v) is 11.9. The number of nitrogens with zero attached hydrogens (tertiary/aromatic N) is 2. The molecule has 2 rings (SSSR count). The van der Waals surface area contributed by atoms with E-state index in [-0.39, 0.29) is 10.0 Å². The predicted octanol–water partition coefficient (Wildman–Crippen LogP) is 4.36. The Hall–Kier alpha value is -1.30. The summed E-state index contributed by atoms with van der Waals surface area (Å²) in [6.07, 6.45) is 1.44. The first-order valence-corrected chi connectivity index (χ1v) is 6.26. The van der Waals surface area contributed by atoms with E-state index >= 15 is 0 Å². The smallest absolute Gasteiger partial charge is 0.224 e. The van der Waals surface area contributed by atoms with Gasteiger partial charge in [0.2, 0.25) is 5.95 Å². The molecule has 0 unspecified atom stereocenters. The van der Waals surface area contributed by atoms with Crippen molar-refractivity contribution >= 4 is 52.3 Å². The van der Waals surface area contributed by atoms with E-state index in [1.165, 1.54) is 18.3 Å².